The number of allylic oxidation sites excluding steroid dienone is 1. The van der Waals surface area contributed by atoms with Crippen molar-refractivity contribution in [2.24, 2.45) is 5.92 Å². The maximum atomic E-state index is 10.3. The van der Waals surface area contributed by atoms with E-state index in [9.17, 15) is 4.79 Å². The highest BCUT2D eigenvalue weighted by molar-refractivity contribution is 5.79. The predicted molar refractivity (Wildman–Crippen MR) is 105 cm³/mol. The van der Waals surface area contributed by atoms with E-state index in [1.165, 1.54) is 96.0 Å². The molecular weight excluding hydrogens is 296 g/mol. The number of carboxylic acid groups (broad SMARTS) is 1. The van der Waals surface area contributed by atoms with Crippen LogP contribution in [0.5, 0.6) is 0 Å². The molecule has 0 saturated carbocycles. The molecule has 0 spiro atoms. The second-order valence-corrected chi connectivity index (χ2v) is 7.66. The molecule has 0 aromatic carbocycles. The van der Waals surface area contributed by atoms with Gasteiger partial charge in [0.15, 0.2) is 0 Å². The lowest BCUT2D eigenvalue weighted by Crippen LogP contribution is -1.87. The molecule has 0 radical (unpaired) electrons. The molecule has 0 aliphatic rings. The van der Waals surface area contributed by atoms with Crippen LogP contribution in [0.2, 0.25) is 0 Å². The second-order valence-electron chi connectivity index (χ2n) is 7.66. The van der Waals surface area contributed by atoms with Crippen molar-refractivity contribution in [3.05, 3.63) is 12.2 Å². The van der Waals surface area contributed by atoms with E-state index in [-0.39, 0.29) is 0 Å². The highest BCUT2D eigenvalue weighted by atomic mass is 16.4. The first-order valence-corrected chi connectivity index (χ1v) is 10.5. The Morgan fingerprint density at radius 1 is 0.708 bits per heavy atom. The topological polar surface area (TPSA) is 37.3 Å². The molecule has 0 aromatic rings. The number of unbranched alkanes of at least 4 members (excludes halogenated alkanes) is 14. The summed E-state index contributed by atoms with van der Waals surface area (Å²) in [5, 5.41) is 8.47. The molecule has 0 aromatic heterocycles. The molecule has 0 heterocycles. The summed E-state index contributed by atoms with van der Waals surface area (Å²) in [6.07, 6.45) is 24.6. The average molecular weight is 339 g/mol. The predicted octanol–water partition coefficient (Wildman–Crippen LogP) is 7.52. The third-order valence-corrected chi connectivity index (χ3v) is 4.66. The van der Waals surface area contributed by atoms with Crippen molar-refractivity contribution >= 4 is 5.97 Å². The molecule has 0 unspecified atom stereocenters. The van der Waals surface area contributed by atoms with Gasteiger partial charge in [0.05, 0.1) is 0 Å². The standard InChI is InChI=1S/C22H42O2/c1-21(2)19-17-15-13-11-9-7-5-3-4-6-8-10-12-14-16-18-20-22(23)24/h18,20-21H,3-17,19H2,1-2H3,(H,23,24). The zero-order valence-electron chi connectivity index (χ0n) is 16.4. The van der Waals surface area contributed by atoms with Crippen LogP contribution in [0.25, 0.3) is 0 Å². The Bertz CT molecular complexity index is 294. The maximum Gasteiger partial charge on any atom is 0.327 e. The summed E-state index contributed by atoms with van der Waals surface area (Å²) in [5.74, 6) is 0.0416. The van der Waals surface area contributed by atoms with Crippen LogP contribution >= 0.6 is 0 Å². The van der Waals surface area contributed by atoms with Gasteiger partial charge >= 0.3 is 5.97 Å². The summed E-state index contributed by atoms with van der Waals surface area (Å²) in [6.45, 7) is 4.64. The van der Waals surface area contributed by atoms with Crippen molar-refractivity contribution in [1.82, 2.24) is 0 Å². The second kappa shape index (κ2) is 18.5. The van der Waals surface area contributed by atoms with Crippen molar-refractivity contribution in [2.75, 3.05) is 0 Å². The number of carbonyl (C=O) groups is 1. The molecule has 142 valence electrons. The van der Waals surface area contributed by atoms with Crippen LogP contribution in [0, 0.1) is 5.92 Å². The van der Waals surface area contributed by atoms with Gasteiger partial charge in [0.1, 0.15) is 0 Å². The van der Waals surface area contributed by atoms with Gasteiger partial charge in [0.2, 0.25) is 0 Å². The molecule has 2 heteroatoms. The highest BCUT2D eigenvalue weighted by Crippen LogP contribution is 2.14. The number of aliphatic carboxylic acids is 1. The fraction of sp³-hybridized carbons (Fsp3) is 0.864. The fourth-order valence-electron chi connectivity index (χ4n) is 3.12. The van der Waals surface area contributed by atoms with Crippen molar-refractivity contribution in [3.63, 3.8) is 0 Å². The number of hydrogen-bond acceptors (Lipinski definition) is 1. The van der Waals surface area contributed by atoms with Crippen molar-refractivity contribution < 1.29 is 9.90 Å². The van der Waals surface area contributed by atoms with Crippen LogP contribution in [-0.4, -0.2) is 11.1 Å². The Kier molecular flexibility index (Phi) is 17.9. The minimum Gasteiger partial charge on any atom is -0.478 e. The van der Waals surface area contributed by atoms with E-state index < -0.39 is 5.97 Å². The van der Waals surface area contributed by atoms with Gasteiger partial charge in [-0.05, 0) is 18.8 Å². The Balaban J connectivity index is 3.04. The average Bonchev–Trinajstić information content (AvgIpc) is 2.53. The third kappa shape index (κ3) is 21.2. The normalized spacial score (nSPS) is 11.6. The minimum atomic E-state index is -0.832. The van der Waals surface area contributed by atoms with Gasteiger partial charge in [-0.15, -0.1) is 0 Å². The molecule has 0 amide bonds. The lowest BCUT2D eigenvalue weighted by atomic mass is 10.0. The van der Waals surface area contributed by atoms with E-state index in [1.54, 1.807) is 6.08 Å². The summed E-state index contributed by atoms with van der Waals surface area (Å²) < 4.78 is 0. The number of rotatable bonds is 18. The third-order valence-electron chi connectivity index (χ3n) is 4.66. The van der Waals surface area contributed by atoms with Crippen molar-refractivity contribution in [2.45, 2.75) is 117 Å². The van der Waals surface area contributed by atoms with Crippen LogP contribution in [-0.2, 0) is 4.79 Å². The first-order valence-electron chi connectivity index (χ1n) is 10.5. The van der Waals surface area contributed by atoms with Crippen LogP contribution in [0.3, 0.4) is 0 Å². The summed E-state index contributed by atoms with van der Waals surface area (Å²) in [4.78, 5) is 10.3. The summed E-state index contributed by atoms with van der Waals surface area (Å²) >= 11 is 0. The minimum absolute atomic E-state index is 0.832. The first-order chi connectivity index (χ1) is 11.6. The zero-order chi connectivity index (χ0) is 17.9. The summed E-state index contributed by atoms with van der Waals surface area (Å²) in [5.41, 5.74) is 0. The van der Waals surface area contributed by atoms with E-state index in [2.05, 4.69) is 13.8 Å². The Morgan fingerprint density at radius 2 is 1.08 bits per heavy atom. The molecule has 0 bridgehead atoms. The van der Waals surface area contributed by atoms with E-state index >= 15 is 0 Å². The quantitative estimate of drug-likeness (QED) is 0.207. The van der Waals surface area contributed by atoms with E-state index in [0.29, 0.717) is 0 Å². The van der Waals surface area contributed by atoms with Gasteiger partial charge in [-0.1, -0.05) is 110 Å². The zero-order valence-corrected chi connectivity index (χ0v) is 16.4. The van der Waals surface area contributed by atoms with Gasteiger partial charge in [-0.25, -0.2) is 4.79 Å². The van der Waals surface area contributed by atoms with Crippen molar-refractivity contribution in [1.29, 1.82) is 0 Å². The van der Waals surface area contributed by atoms with Gasteiger partial charge in [0.25, 0.3) is 0 Å². The largest absolute Gasteiger partial charge is 0.478 e. The Morgan fingerprint density at radius 3 is 1.46 bits per heavy atom. The fourth-order valence-corrected chi connectivity index (χ4v) is 3.12. The molecule has 0 fully saturated rings. The molecule has 0 atom stereocenters. The molecule has 0 aliphatic carbocycles. The molecule has 2 nitrogen and oxygen atoms in total. The Hall–Kier alpha value is -0.790. The summed E-state index contributed by atoms with van der Waals surface area (Å²) in [6, 6.07) is 0. The Labute approximate surface area is 151 Å². The molecule has 0 rings (SSSR count). The van der Waals surface area contributed by atoms with Crippen LogP contribution in [0.1, 0.15) is 117 Å². The smallest absolute Gasteiger partial charge is 0.327 e. The van der Waals surface area contributed by atoms with Gasteiger partial charge in [-0.3, -0.25) is 0 Å². The van der Waals surface area contributed by atoms with Gasteiger partial charge < -0.3 is 5.11 Å². The number of hydrogen-bond donors (Lipinski definition) is 1. The molecular formula is C22H42O2. The lowest BCUT2D eigenvalue weighted by Gasteiger charge is -2.05. The monoisotopic (exact) mass is 338 g/mol. The molecule has 1 N–H and O–H groups in total. The highest BCUT2D eigenvalue weighted by Gasteiger charge is 1.96. The lowest BCUT2D eigenvalue weighted by molar-refractivity contribution is -0.131. The first kappa shape index (κ1) is 23.2. The molecule has 24 heavy (non-hydrogen) atoms. The van der Waals surface area contributed by atoms with E-state index in [0.717, 1.165) is 18.8 Å². The van der Waals surface area contributed by atoms with Gasteiger partial charge in [-0.2, -0.15) is 0 Å². The maximum absolute atomic E-state index is 10.3. The van der Waals surface area contributed by atoms with Crippen LogP contribution in [0.4, 0.5) is 0 Å². The molecule has 0 aliphatic heterocycles. The summed E-state index contributed by atoms with van der Waals surface area (Å²) in [7, 11) is 0. The van der Waals surface area contributed by atoms with Gasteiger partial charge in [0, 0.05) is 6.08 Å². The molecule has 0 saturated heterocycles. The van der Waals surface area contributed by atoms with Crippen molar-refractivity contribution in [3.8, 4) is 0 Å². The van der Waals surface area contributed by atoms with Crippen LogP contribution < -0.4 is 0 Å². The SMILES string of the molecule is CC(C)CCCCCCCCCCCCCCCCC=CC(=O)O. The van der Waals surface area contributed by atoms with Crippen LogP contribution in [0.15, 0.2) is 12.2 Å². The van der Waals surface area contributed by atoms with E-state index in [1.807, 2.05) is 0 Å². The number of carboxylic acids is 1. The van der Waals surface area contributed by atoms with E-state index in [4.69, 9.17) is 5.11 Å².